The van der Waals surface area contributed by atoms with Crippen LogP contribution in [0, 0.1) is 5.92 Å². The minimum Gasteiger partial charge on any atom is -0.497 e. The number of benzene rings is 1. The summed E-state index contributed by atoms with van der Waals surface area (Å²) in [4.78, 5) is 47.4. The highest BCUT2D eigenvalue weighted by Crippen LogP contribution is 2.18. The van der Waals surface area contributed by atoms with Crippen LogP contribution in [0.25, 0.3) is 0 Å². The molecular formula is C49H86N4O5. The summed E-state index contributed by atoms with van der Waals surface area (Å²) in [6.45, 7) is 12.8. The van der Waals surface area contributed by atoms with E-state index in [0.29, 0.717) is 64.1 Å². The number of hydrogen-bond donors (Lipinski definition) is 1. The Bertz CT molecular complexity index is 1220. The van der Waals surface area contributed by atoms with Crippen LogP contribution in [0.15, 0.2) is 36.4 Å². The average molecular weight is 811 g/mol. The van der Waals surface area contributed by atoms with Crippen molar-refractivity contribution in [3.8, 4) is 5.75 Å². The van der Waals surface area contributed by atoms with Crippen LogP contribution in [-0.4, -0.2) is 105 Å². The predicted octanol–water partition coefficient (Wildman–Crippen LogP) is 10.2. The molecule has 1 aliphatic heterocycles. The molecule has 1 saturated heterocycles. The predicted molar refractivity (Wildman–Crippen MR) is 241 cm³/mol. The molecule has 1 aromatic rings. The Kier molecular flexibility index (Phi) is 29.9. The first-order valence-electron chi connectivity index (χ1n) is 23.7. The monoisotopic (exact) mass is 811 g/mol. The van der Waals surface area contributed by atoms with Crippen LogP contribution in [0.1, 0.15) is 168 Å². The molecule has 2 amide bonds. The van der Waals surface area contributed by atoms with E-state index in [0.717, 1.165) is 95.4 Å². The number of ether oxygens (including phenoxy) is 2. The number of unbranched alkanes of at least 4 members (excludes halogenated alkanes) is 13. The zero-order valence-electron chi connectivity index (χ0n) is 37.9. The molecule has 332 valence electrons. The van der Waals surface area contributed by atoms with Gasteiger partial charge in [0.15, 0.2) is 0 Å². The molecule has 0 bridgehead atoms. The van der Waals surface area contributed by atoms with Crippen molar-refractivity contribution in [2.24, 2.45) is 5.92 Å². The van der Waals surface area contributed by atoms with Crippen LogP contribution in [0.3, 0.4) is 0 Å². The van der Waals surface area contributed by atoms with Crippen LogP contribution in [-0.2, 0) is 25.5 Å². The average Bonchev–Trinajstić information content (AvgIpc) is 3.23. The van der Waals surface area contributed by atoms with Gasteiger partial charge in [-0.15, -0.1) is 0 Å². The summed E-state index contributed by atoms with van der Waals surface area (Å²) >= 11 is 0. The Balaban J connectivity index is 1.99. The lowest BCUT2D eigenvalue weighted by atomic mass is 10.0. The highest BCUT2D eigenvalue weighted by molar-refractivity contribution is 5.87. The first kappa shape index (κ1) is 51.2. The Morgan fingerprint density at radius 2 is 1.38 bits per heavy atom. The molecule has 9 nitrogen and oxygen atoms in total. The van der Waals surface area contributed by atoms with Crippen molar-refractivity contribution in [2.75, 3.05) is 66.6 Å². The van der Waals surface area contributed by atoms with Gasteiger partial charge >= 0.3 is 5.97 Å². The molecule has 9 heteroatoms. The molecule has 1 aromatic carbocycles. The number of allylic oxidation sites excluding steroid dienone is 2. The lowest BCUT2D eigenvalue weighted by Gasteiger charge is -2.36. The van der Waals surface area contributed by atoms with E-state index in [-0.39, 0.29) is 17.8 Å². The molecule has 2 unspecified atom stereocenters. The van der Waals surface area contributed by atoms with Crippen molar-refractivity contribution >= 4 is 17.8 Å². The third-order valence-corrected chi connectivity index (χ3v) is 11.9. The molecule has 1 aliphatic rings. The van der Waals surface area contributed by atoms with Gasteiger partial charge in [-0.1, -0.05) is 122 Å². The Hall–Kier alpha value is -2.91. The van der Waals surface area contributed by atoms with Gasteiger partial charge in [0.2, 0.25) is 11.8 Å². The number of amides is 2. The normalized spacial score (nSPS) is 14.7. The molecule has 0 aliphatic carbocycles. The van der Waals surface area contributed by atoms with Crippen molar-refractivity contribution in [3.05, 3.63) is 42.0 Å². The first-order chi connectivity index (χ1) is 28.3. The summed E-state index contributed by atoms with van der Waals surface area (Å²) in [7, 11) is 3.81. The minimum atomic E-state index is -0.514. The number of likely N-dealkylation sites (N-methyl/N-ethyl adjacent to an activating group) is 1. The fraction of sp³-hybridized carbons (Fsp3) is 0.776. The standard InChI is InChI=1S/C49H86N4O5/c1-6-9-11-12-13-14-15-16-17-18-19-20-21-22-23-27-46(49(56)50-35-34-44-30-32-45(57-5)33-31-44)53(41-40-52-38-36-51(4)37-39-52)47(54)28-24-25-29-48(55)58-42-43(8-3)26-10-7-2/h16-17,30-33,43,46H,6-15,18-29,34-42H2,1-5H3,(H,50,56)/b17-16-. The maximum atomic E-state index is 14.1. The molecule has 1 N–H and O–H groups in total. The van der Waals surface area contributed by atoms with E-state index < -0.39 is 6.04 Å². The van der Waals surface area contributed by atoms with Crippen LogP contribution in [0.4, 0.5) is 0 Å². The van der Waals surface area contributed by atoms with Gasteiger partial charge in [-0.3, -0.25) is 19.3 Å². The van der Waals surface area contributed by atoms with Crippen molar-refractivity contribution in [1.82, 2.24) is 20.0 Å². The van der Waals surface area contributed by atoms with Crippen molar-refractivity contribution in [1.29, 1.82) is 0 Å². The molecular weight excluding hydrogens is 725 g/mol. The number of piperazine rings is 1. The van der Waals surface area contributed by atoms with Crippen molar-refractivity contribution in [3.63, 3.8) is 0 Å². The highest BCUT2D eigenvalue weighted by Gasteiger charge is 2.30. The van der Waals surface area contributed by atoms with Gasteiger partial charge in [0.1, 0.15) is 11.8 Å². The Morgan fingerprint density at radius 1 is 0.759 bits per heavy atom. The van der Waals surface area contributed by atoms with E-state index in [1.165, 1.54) is 57.8 Å². The van der Waals surface area contributed by atoms with E-state index >= 15 is 0 Å². The summed E-state index contributed by atoms with van der Waals surface area (Å²) < 4.78 is 10.9. The topological polar surface area (TPSA) is 91.4 Å². The quantitative estimate of drug-likeness (QED) is 0.0415. The van der Waals surface area contributed by atoms with Crippen LogP contribution < -0.4 is 10.1 Å². The first-order valence-corrected chi connectivity index (χ1v) is 23.7. The molecule has 0 radical (unpaired) electrons. The van der Waals surface area contributed by atoms with Crippen molar-refractivity contribution in [2.45, 2.75) is 174 Å². The minimum absolute atomic E-state index is 0.0103. The largest absolute Gasteiger partial charge is 0.497 e. The van der Waals surface area contributed by atoms with E-state index in [2.05, 4.69) is 55.1 Å². The Morgan fingerprint density at radius 3 is 2.02 bits per heavy atom. The fourth-order valence-electron chi connectivity index (χ4n) is 7.72. The Labute approximate surface area is 355 Å². The van der Waals surface area contributed by atoms with Gasteiger partial charge in [-0.25, -0.2) is 0 Å². The number of esters is 1. The maximum absolute atomic E-state index is 14.1. The second kappa shape index (κ2) is 33.9. The molecule has 1 heterocycles. The third kappa shape index (κ3) is 24.2. The number of rotatable bonds is 35. The van der Waals surface area contributed by atoms with Crippen LogP contribution in [0.2, 0.25) is 0 Å². The maximum Gasteiger partial charge on any atom is 0.305 e. The van der Waals surface area contributed by atoms with Gasteiger partial charge in [-0.2, -0.15) is 0 Å². The lowest BCUT2D eigenvalue weighted by molar-refractivity contribution is -0.145. The van der Waals surface area contributed by atoms with Gasteiger partial charge in [-0.05, 0) is 88.4 Å². The zero-order chi connectivity index (χ0) is 42.1. The number of hydrogen-bond acceptors (Lipinski definition) is 7. The fourth-order valence-corrected chi connectivity index (χ4v) is 7.72. The summed E-state index contributed by atoms with van der Waals surface area (Å²) in [5.74, 6) is 1.00. The van der Waals surface area contributed by atoms with Gasteiger partial charge in [0.05, 0.1) is 13.7 Å². The van der Waals surface area contributed by atoms with Crippen LogP contribution in [0.5, 0.6) is 5.75 Å². The van der Waals surface area contributed by atoms with Gasteiger partial charge in [0, 0.05) is 58.7 Å². The summed E-state index contributed by atoms with van der Waals surface area (Å²) in [6, 6.07) is 7.44. The molecule has 58 heavy (non-hydrogen) atoms. The molecule has 0 saturated carbocycles. The smallest absolute Gasteiger partial charge is 0.305 e. The van der Waals surface area contributed by atoms with E-state index in [1.807, 2.05) is 29.2 Å². The molecule has 0 aromatic heterocycles. The molecule has 2 rings (SSSR count). The van der Waals surface area contributed by atoms with E-state index in [1.54, 1.807) is 7.11 Å². The molecule has 1 fully saturated rings. The summed E-state index contributed by atoms with van der Waals surface area (Å²) in [5.41, 5.74) is 1.13. The van der Waals surface area contributed by atoms with E-state index in [9.17, 15) is 14.4 Å². The molecule has 2 atom stereocenters. The number of methoxy groups -OCH3 is 1. The van der Waals surface area contributed by atoms with Crippen LogP contribution >= 0.6 is 0 Å². The van der Waals surface area contributed by atoms with Crippen molar-refractivity contribution < 1.29 is 23.9 Å². The zero-order valence-corrected chi connectivity index (χ0v) is 37.9. The second-order valence-electron chi connectivity index (χ2n) is 16.8. The van der Waals surface area contributed by atoms with Gasteiger partial charge in [0.25, 0.3) is 0 Å². The number of carbonyl (C=O) groups excluding carboxylic acids is 3. The molecule has 0 spiro atoms. The lowest BCUT2D eigenvalue weighted by Crippen LogP contribution is -2.53. The summed E-state index contributed by atoms with van der Waals surface area (Å²) in [5, 5.41) is 3.21. The number of carbonyl (C=O) groups is 3. The third-order valence-electron chi connectivity index (χ3n) is 11.9. The SMILES string of the molecule is CCCCCCCC/C=C\CCCCCCCC(C(=O)NCCc1ccc(OC)cc1)N(CCN1CCN(C)CC1)C(=O)CCCCC(=O)OCC(CC)CCCC. The second-order valence-corrected chi connectivity index (χ2v) is 16.8. The highest BCUT2D eigenvalue weighted by atomic mass is 16.5. The van der Waals surface area contributed by atoms with Gasteiger partial charge < -0.3 is 24.6 Å². The van der Waals surface area contributed by atoms with E-state index in [4.69, 9.17) is 9.47 Å². The number of nitrogens with zero attached hydrogens (tertiary/aromatic N) is 3. The number of nitrogens with one attached hydrogen (secondary N) is 1. The summed E-state index contributed by atoms with van der Waals surface area (Å²) in [6.07, 6.45) is 28.2.